The van der Waals surface area contributed by atoms with Gasteiger partial charge in [0.2, 0.25) is 11.8 Å². The van der Waals surface area contributed by atoms with Gasteiger partial charge in [0.1, 0.15) is 23.2 Å². The molecule has 4 heterocycles. The largest absolute Gasteiger partial charge is 0.481 e. The zero-order valence-corrected chi connectivity index (χ0v) is 23.6. The number of pyridine rings is 3. The molecule has 1 atom stereocenters. The van der Waals surface area contributed by atoms with Crippen molar-refractivity contribution in [2.24, 2.45) is 0 Å². The Hall–Kier alpha value is -5.22. The lowest BCUT2D eigenvalue weighted by Crippen LogP contribution is -2.27. The number of aromatic amines is 1. The Morgan fingerprint density at radius 1 is 0.905 bits per heavy atom. The number of nitrogens with one attached hydrogen (secondary N) is 2. The summed E-state index contributed by atoms with van der Waals surface area (Å²) in [6, 6.07) is 19.1. The lowest BCUT2D eigenvalue weighted by molar-refractivity contribution is 0.366. The first-order valence-corrected chi connectivity index (χ1v) is 13.4. The first-order valence-electron chi connectivity index (χ1n) is 13.0. The predicted octanol–water partition coefficient (Wildman–Crippen LogP) is 5.53. The third-order valence-corrected chi connectivity index (χ3v) is 7.43. The first kappa shape index (κ1) is 27.0. The van der Waals surface area contributed by atoms with Crippen molar-refractivity contribution >= 4 is 39.2 Å². The van der Waals surface area contributed by atoms with Crippen LogP contribution in [0, 0.1) is 0 Å². The van der Waals surface area contributed by atoms with Gasteiger partial charge in [-0.3, -0.25) is 14.2 Å². The maximum atomic E-state index is 14.6. The summed E-state index contributed by atoms with van der Waals surface area (Å²) in [7, 11) is 3.04. The number of para-hydroxylation sites is 1. The maximum absolute atomic E-state index is 14.6. The number of hydrogen-bond donors (Lipinski definition) is 2. The fraction of sp³-hybridized carbons (Fsp3) is 0.129. The Bertz CT molecular complexity index is 2070. The molecule has 0 spiro atoms. The van der Waals surface area contributed by atoms with E-state index in [1.165, 1.54) is 32.8 Å². The molecule has 4 aromatic heterocycles. The molecule has 0 aliphatic rings. The minimum Gasteiger partial charge on any atom is -0.481 e. The average molecular weight is 581 g/mol. The Morgan fingerprint density at radius 3 is 2.48 bits per heavy atom. The van der Waals surface area contributed by atoms with Crippen LogP contribution >= 0.6 is 11.6 Å². The number of nitrogens with zero attached hydrogens (tertiary/aromatic N) is 4. The standard InChI is InChI=1S/C31H25ClN6O4/c1-17(36-29-25-22(39)14-15-33-28(25)34-16-35-29)27-26(32)21-11-7-10-19(20-12-13-23(41-2)37-30(20)42-3)24(21)31(40)38(27)18-8-5-4-6-9-18/h4-17H,1-3H3,(H2,33,34,35,36,39)/t17-/m0/s1. The van der Waals surface area contributed by atoms with Crippen LogP contribution in [0.15, 0.2) is 88.8 Å². The number of hydrogen-bond acceptors (Lipinski definition) is 8. The van der Waals surface area contributed by atoms with E-state index in [4.69, 9.17) is 21.1 Å². The summed E-state index contributed by atoms with van der Waals surface area (Å²) in [6.07, 6.45) is 2.89. The summed E-state index contributed by atoms with van der Waals surface area (Å²) in [4.78, 5) is 43.2. The number of anilines is 1. The van der Waals surface area contributed by atoms with Gasteiger partial charge in [-0.1, -0.05) is 48.0 Å². The van der Waals surface area contributed by atoms with Gasteiger partial charge >= 0.3 is 0 Å². The van der Waals surface area contributed by atoms with Crippen molar-refractivity contribution in [2.75, 3.05) is 19.5 Å². The number of H-pyrrole nitrogens is 1. The van der Waals surface area contributed by atoms with Crippen molar-refractivity contribution in [3.8, 4) is 28.6 Å². The number of rotatable bonds is 7. The van der Waals surface area contributed by atoms with E-state index in [1.807, 2.05) is 55.5 Å². The summed E-state index contributed by atoms with van der Waals surface area (Å²) < 4.78 is 12.4. The van der Waals surface area contributed by atoms with E-state index in [1.54, 1.807) is 16.7 Å². The highest BCUT2D eigenvalue weighted by Crippen LogP contribution is 2.39. The molecular weight excluding hydrogens is 556 g/mol. The zero-order valence-electron chi connectivity index (χ0n) is 22.9. The number of aromatic nitrogens is 5. The van der Waals surface area contributed by atoms with Crippen molar-refractivity contribution in [2.45, 2.75) is 13.0 Å². The average Bonchev–Trinajstić information content (AvgIpc) is 3.02. The van der Waals surface area contributed by atoms with Crippen LogP contribution in [0.3, 0.4) is 0 Å². The van der Waals surface area contributed by atoms with Crippen LogP contribution in [0.1, 0.15) is 18.7 Å². The second-order valence-electron chi connectivity index (χ2n) is 9.47. The predicted molar refractivity (Wildman–Crippen MR) is 163 cm³/mol. The van der Waals surface area contributed by atoms with E-state index in [0.717, 1.165) is 0 Å². The van der Waals surface area contributed by atoms with Crippen molar-refractivity contribution in [3.63, 3.8) is 0 Å². The topological polar surface area (TPSA) is 124 Å². The molecule has 11 heteroatoms. The minimum absolute atomic E-state index is 0.240. The van der Waals surface area contributed by atoms with Crippen LogP contribution < -0.4 is 25.8 Å². The molecule has 6 aromatic rings. The van der Waals surface area contributed by atoms with Crippen molar-refractivity contribution in [1.29, 1.82) is 0 Å². The smallest absolute Gasteiger partial charge is 0.263 e. The highest BCUT2D eigenvalue weighted by Gasteiger charge is 2.25. The van der Waals surface area contributed by atoms with Crippen LogP contribution in [-0.2, 0) is 0 Å². The molecule has 6 rings (SSSR count). The zero-order chi connectivity index (χ0) is 29.4. The molecule has 0 amide bonds. The summed E-state index contributed by atoms with van der Waals surface area (Å²) >= 11 is 7.19. The van der Waals surface area contributed by atoms with Gasteiger partial charge in [0.05, 0.1) is 36.4 Å². The van der Waals surface area contributed by atoms with Crippen molar-refractivity contribution in [3.05, 3.63) is 111 Å². The summed E-state index contributed by atoms with van der Waals surface area (Å²) in [5.74, 6) is 1.01. The molecular formula is C31H25ClN6O4. The molecule has 0 aliphatic heterocycles. The first-order chi connectivity index (χ1) is 20.4. The molecule has 0 radical (unpaired) electrons. The van der Waals surface area contributed by atoms with Gasteiger partial charge in [0.25, 0.3) is 5.56 Å². The van der Waals surface area contributed by atoms with E-state index in [2.05, 4.69) is 25.3 Å². The van der Waals surface area contributed by atoms with E-state index >= 15 is 0 Å². The monoisotopic (exact) mass is 580 g/mol. The van der Waals surface area contributed by atoms with Crippen LogP contribution in [0.4, 0.5) is 5.82 Å². The molecule has 0 saturated carbocycles. The number of fused-ring (bicyclic) bond motifs is 2. The third-order valence-electron chi connectivity index (χ3n) is 7.04. The van der Waals surface area contributed by atoms with E-state index in [-0.39, 0.29) is 11.0 Å². The highest BCUT2D eigenvalue weighted by atomic mass is 35.5. The summed E-state index contributed by atoms with van der Waals surface area (Å²) in [5, 5.41) is 4.92. The molecule has 0 bridgehead atoms. The van der Waals surface area contributed by atoms with E-state index in [0.29, 0.717) is 66.9 Å². The van der Waals surface area contributed by atoms with Crippen LogP contribution in [0.5, 0.6) is 11.8 Å². The minimum atomic E-state index is -0.562. The molecule has 10 nitrogen and oxygen atoms in total. The van der Waals surface area contributed by atoms with Crippen molar-refractivity contribution < 1.29 is 9.47 Å². The van der Waals surface area contributed by atoms with Crippen LogP contribution in [-0.4, -0.2) is 38.7 Å². The van der Waals surface area contributed by atoms with Gasteiger partial charge < -0.3 is 19.8 Å². The summed E-state index contributed by atoms with van der Waals surface area (Å²) in [6.45, 7) is 1.86. The summed E-state index contributed by atoms with van der Waals surface area (Å²) in [5.41, 5.74) is 2.20. The second-order valence-corrected chi connectivity index (χ2v) is 9.85. The quantitative estimate of drug-likeness (QED) is 0.253. The van der Waals surface area contributed by atoms with Gasteiger partial charge in [-0.15, -0.1) is 0 Å². The van der Waals surface area contributed by atoms with Crippen LogP contribution in [0.25, 0.3) is 38.6 Å². The Labute approximate surface area is 244 Å². The number of halogens is 1. The van der Waals surface area contributed by atoms with E-state index in [9.17, 15) is 9.59 Å². The Balaban J connectivity index is 1.62. The molecule has 2 aromatic carbocycles. The Kier molecular flexibility index (Phi) is 7.05. The molecule has 0 saturated heterocycles. The molecule has 0 fully saturated rings. The maximum Gasteiger partial charge on any atom is 0.263 e. The fourth-order valence-electron chi connectivity index (χ4n) is 5.15. The van der Waals surface area contributed by atoms with Gasteiger partial charge in [-0.2, -0.15) is 4.98 Å². The molecule has 210 valence electrons. The number of ether oxygens (including phenoxy) is 2. The Morgan fingerprint density at radius 2 is 1.71 bits per heavy atom. The van der Waals surface area contributed by atoms with Gasteiger partial charge in [-0.05, 0) is 25.1 Å². The third kappa shape index (κ3) is 4.51. The number of benzene rings is 2. The molecule has 42 heavy (non-hydrogen) atoms. The second kappa shape index (κ2) is 11.0. The normalized spacial score (nSPS) is 11.9. The number of methoxy groups -OCH3 is 2. The molecule has 0 unspecified atom stereocenters. The van der Waals surface area contributed by atoms with E-state index < -0.39 is 6.04 Å². The van der Waals surface area contributed by atoms with Crippen molar-refractivity contribution in [1.82, 2.24) is 24.5 Å². The van der Waals surface area contributed by atoms with Gasteiger partial charge in [0.15, 0.2) is 5.43 Å². The molecule has 2 N–H and O–H groups in total. The molecule has 0 aliphatic carbocycles. The lowest BCUT2D eigenvalue weighted by atomic mass is 9.98. The lowest BCUT2D eigenvalue weighted by Gasteiger charge is -2.24. The SMILES string of the molecule is COc1ccc(-c2cccc3c(Cl)c([C@H](C)Nc4ncnc5[nH]ccc(=O)c45)n(-c4ccccc4)c(=O)c23)c(OC)n1. The van der Waals surface area contributed by atoms with Crippen LogP contribution in [0.2, 0.25) is 5.02 Å². The highest BCUT2D eigenvalue weighted by molar-refractivity contribution is 6.36. The fourth-order valence-corrected chi connectivity index (χ4v) is 5.56. The van der Waals surface area contributed by atoms with Gasteiger partial charge in [-0.25, -0.2) is 9.97 Å². The van der Waals surface area contributed by atoms with Gasteiger partial charge in [0, 0.05) is 40.5 Å².